The standard InChI is InChI=1S/C12H14F2O2/c1-8-6-9(11(14)7-10(8)13)4-2-3-5-12(15)16/h6-7H,2-5H2,1H3,(H,15,16). The van der Waals surface area contributed by atoms with Gasteiger partial charge in [-0.25, -0.2) is 8.78 Å². The van der Waals surface area contributed by atoms with Crippen LogP contribution in [0.3, 0.4) is 0 Å². The molecule has 0 heterocycles. The molecule has 0 aliphatic carbocycles. The maximum absolute atomic E-state index is 13.3. The number of unbranched alkanes of at least 4 members (excludes halogenated alkanes) is 1. The second-order valence-electron chi connectivity index (χ2n) is 3.79. The van der Waals surface area contributed by atoms with Gasteiger partial charge in [0.05, 0.1) is 0 Å². The zero-order chi connectivity index (χ0) is 12.1. The average molecular weight is 228 g/mol. The SMILES string of the molecule is Cc1cc(CCCCC(=O)O)c(F)cc1F. The Morgan fingerprint density at radius 2 is 1.94 bits per heavy atom. The number of benzene rings is 1. The van der Waals surface area contributed by atoms with Gasteiger partial charge in [0.15, 0.2) is 0 Å². The minimum Gasteiger partial charge on any atom is -0.481 e. The molecule has 0 atom stereocenters. The highest BCUT2D eigenvalue weighted by Crippen LogP contribution is 2.16. The van der Waals surface area contributed by atoms with Crippen molar-refractivity contribution < 1.29 is 18.7 Å². The monoisotopic (exact) mass is 228 g/mol. The van der Waals surface area contributed by atoms with Gasteiger partial charge >= 0.3 is 5.97 Å². The van der Waals surface area contributed by atoms with Crippen molar-refractivity contribution in [1.29, 1.82) is 0 Å². The summed E-state index contributed by atoms with van der Waals surface area (Å²) in [7, 11) is 0. The summed E-state index contributed by atoms with van der Waals surface area (Å²) in [4.78, 5) is 10.3. The summed E-state index contributed by atoms with van der Waals surface area (Å²) < 4.78 is 26.2. The van der Waals surface area contributed by atoms with Crippen molar-refractivity contribution in [3.8, 4) is 0 Å². The van der Waals surface area contributed by atoms with E-state index < -0.39 is 17.6 Å². The van der Waals surface area contributed by atoms with E-state index in [4.69, 9.17) is 5.11 Å². The highest BCUT2D eigenvalue weighted by molar-refractivity contribution is 5.66. The first kappa shape index (κ1) is 12.6. The highest BCUT2D eigenvalue weighted by atomic mass is 19.1. The first-order valence-corrected chi connectivity index (χ1v) is 5.17. The Bertz CT molecular complexity index is 389. The van der Waals surface area contributed by atoms with E-state index in [1.807, 2.05) is 0 Å². The van der Waals surface area contributed by atoms with Crippen LogP contribution in [0.25, 0.3) is 0 Å². The molecule has 0 amide bonds. The lowest BCUT2D eigenvalue weighted by molar-refractivity contribution is -0.137. The van der Waals surface area contributed by atoms with E-state index >= 15 is 0 Å². The molecule has 0 bridgehead atoms. The molecule has 0 fully saturated rings. The van der Waals surface area contributed by atoms with Crippen LogP contribution < -0.4 is 0 Å². The van der Waals surface area contributed by atoms with Crippen molar-refractivity contribution in [3.05, 3.63) is 34.9 Å². The van der Waals surface area contributed by atoms with Crippen LogP contribution >= 0.6 is 0 Å². The van der Waals surface area contributed by atoms with Gasteiger partial charge < -0.3 is 5.11 Å². The van der Waals surface area contributed by atoms with Crippen molar-refractivity contribution in [2.24, 2.45) is 0 Å². The number of rotatable bonds is 5. The van der Waals surface area contributed by atoms with Gasteiger partial charge in [0.2, 0.25) is 0 Å². The third kappa shape index (κ3) is 3.61. The molecule has 16 heavy (non-hydrogen) atoms. The fourth-order valence-corrected chi connectivity index (χ4v) is 1.50. The second-order valence-corrected chi connectivity index (χ2v) is 3.79. The number of carbonyl (C=O) groups is 1. The summed E-state index contributed by atoms with van der Waals surface area (Å²) in [6.07, 6.45) is 1.63. The fourth-order valence-electron chi connectivity index (χ4n) is 1.50. The maximum atomic E-state index is 13.3. The van der Waals surface area contributed by atoms with Crippen molar-refractivity contribution in [2.75, 3.05) is 0 Å². The minimum absolute atomic E-state index is 0.0851. The summed E-state index contributed by atoms with van der Waals surface area (Å²) in [5.41, 5.74) is 0.860. The molecule has 4 heteroatoms. The molecule has 0 aliphatic rings. The number of aliphatic carboxylic acids is 1. The summed E-state index contributed by atoms with van der Waals surface area (Å²) in [5, 5.41) is 8.42. The Morgan fingerprint density at radius 1 is 1.25 bits per heavy atom. The number of carboxylic acids is 1. The molecule has 0 aromatic heterocycles. The van der Waals surface area contributed by atoms with Gasteiger partial charge in [-0.1, -0.05) is 6.07 Å². The van der Waals surface area contributed by atoms with Crippen LogP contribution in [0.2, 0.25) is 0 Å². The van der Waals surface area contributed by atoms with E-state index in [0.29, 0.717) is 30.4 Å². The number of hydrogen-bond donors (Lipinski definition) is 1. The molecule has 1 aromatic rings. The minimum atomic E-state index is -0.851. The van der Waals surface area contributed by atoms with Gasteiger partial charge in [0.25, 0.3) is 0 Å². The molecule has 0 unspecified atom stereocenters. The molecule has 0 saturated carbocycles. The topological polar surface area (TPSA) is 37.3 Å². The van der Waals surface area contributed by atoms with Crippen LogP contribution in [-0.2, 0) is 11.2 Å². The molecule has 1 N–H and O–H groups in total. The van der Waals surface area contributed by atoms with E-state index in [2.05, 4.69) is 0 Å². The van der Waals surface area contributed by atoms with Crippen LogP contribution in [0.4, 0.5) is 8.78 Å². The van der Waals surface area contributed by atoms with Crippen LogP contribution in [0.15, 0.2) is 12.1 Å². The highest BCUT2D eigenvalue weighted by Gasteiger charge is 2.07. The first-order valence-electron chi connectivity index (χ1n) is 5.17. The fraction of sp³-hybridized carbons (Fsp3) is 0.417. The second kappa shape index (κ2) is 5.58. The number of hydrogen-bond acceptors (Lipinski definition) is 1. The maximum Gasteiger partial charge on any atom is 0.303 e. The molecular weight excluding hydrogens is 214 g/mol. The lowest BCUT2D eigenvalue weighted by atomic mass is 10.0. The molecule has 2 nitrogen and oxygen atoms in total. The smallest absolute Gasteiger partial charge is 0.303 e. The van der Waals surface area contributed by atoms with Crippen molar-refractivity contribution in [3.63, 3.8) is 0 Å². The van der Waals surface area contributed by atoms with Crippen LogP contribution in [-0.4, -0.2) is 11.1 Å². The third-order valence-electron chi connectivity index (χ3n) is 2.41. The average Bonchev–Trinajstić information content (AvgIpc) is 2.19. The molecule has 1 aromatic carbocycles. The van der Waals surface area contributed by atoms with Gasteiger partial charge in [-0.15, -0.1) is 0 Å². The Hall–Kier alpha value is -1.45. The number of aryl methyl sites for hydroxylation is 2. The molecule has 0 spiro atoms. The zero-order valence-corrected chi connectivity index (χ0v) is 9.09. The van der Waals surface area contributed by atoms with Crippen LogP contribution in [0.1, 0.15) is 30.4 Å². The van der Waals surface area contributed by atoms with Gasteiger partial charge in [0.1, 0.15) is 11.6 Å². The molecule has 88 valence electrons. The number of carboxylic acid groups (broad SMARTS) is 1. The van der Waals surface area contributed by atoms with Gasteiger partial charge in [-0.2, -0.15) is 0 Å². The van der Waals surface area contributed by atoms with Crippen molar-refractivity contribution >= 4 is 5.97 Å². The first-order chi connectivity index (χ1) is 7.50. The molecule has 0 aliphatic heterocycles. The van der Waals surface area contributed by atoms with Gasteiger partial charge in [-0.3, -0.25) is 4.79 Å². The number of halogens is 2. The van der Waals surface area contributed by atoms with Crippen molar-refractivity contribution in [1.82, 2.24) is 0 Å². The normalized spacial score (nSPS) is 10.4. The van der Waals surface area contributed by atoms with Crippen LogP contribution in [0.5, 0.6) is 0 Å². The predicted octanol–water partition coefficient (Wildman–Crippen LogP) is 3.07. The van der Waals surface area contributed by atoms with E-state index in [0.717, 1.165) is 6.07 Å². The Morgan fingerprint density at radius 3 is 2.56 bits per heavy atom. The molecule has 0 saturated heterocycles. The lowest BCUT2D eigenvalue weighted by Crippen LogP contribution is -1.97. The lowest BCUT2D eigenvalue weighted by Gasteiger charge is -2.05. The quantitative estimate of drug-likeness (QED) is 0.786. The van der Waals surface area contributed by atoms with E-state index in [1.54, 1.807) is 6.92 Å². The largest absolute Gasteiger partial charge is 0.481 e. The van der Waals surface area contributed by atoms with Gasteiger partial charge in [0, 0.05) is 12.5 Å². The summed E-state index contributed by atoms with van der Waals surface area (Å²) in [6.45, 7) is 1.58. The van der Waals surface area contributed by atoms with Crippen LogP contribution in [0, 0.1) is 18.6 Å². The van der Waals surface area contributed by atoms with E-state index in [9.17, 15) is 13.6 Å². The molecule has 0 radical (unpaired) electrons. The summed E-state index contributed by atoms with van der Waals surface area (Å²) >= 11 is 0. The molecule has 1 rings (SSSR count). The third-order valence-corrected chi connectivity index (χ3v) is 2.41. The zero-order valence-electron chi connectivity index (χ0n) is 9.09. The van der Waals surface area contributed by atoms with Crippen molar-refractivity contribution in [2.45, 2.75) is 32.6 Å². The van der Waals surface area contributed by atoms with Gasteiger partial charge in [-0.05, 0) is 37.3 Å². The van der Waals surface area contributed by atoms with E-state index in [-0.39, 0.29) is 6.42 Å². The summed E-state index contributed by atoms with van der Waals surface area (Å²) in [6, 6.07) is 2.35. The predicted molar refractivity (Wildman–Crippen MR) is 56.3 cm³/mol. The Kier molecular flexibility index (Phi) is 4.40. The van der Waals surface area contributed by atoms with E-state index in [1.165, 1.54) is 6.07 Å². The molecular formula is C12H14F2O2. The summed E-state index contributed by atoms with van der Waals surface area (Å²) in [5.74, 6) is -1.96. The Labute approximate surface area is 92.9 Å². The Balaban J connectivity index is 2.54.